The van der Waals surface area contributed by atoms with Crippen molar-refractivity contribution in [3.05, 3.63) is 70.6 Å². The van der Waals surface area contributed by atoms with Crippen LogP contribution >= 0.6 is 11.6 Å². The van der Waals surface area contributed by atoms with Crippen molar-refractivity contribution in [2.45, 2.75) is 26.1 Å². The third kappa shape index (κ3) is 3.66. The van der Waals surface area contributed by atoms with E-state index >= 15 is 0 Å². The number of ether oxygens (including phenoxy) is 1. The maximum atomic E-state index is 13.8. The van der Waals surface area contributed by atoms with Crippen LogP contribution in [0.2, 0.25) is 5.02 Å². The molecule has 0 aliphatic carbocycles. The smallest absolute Gasteiger partial charge is 0.282 e. The molecule has 0 saturated carbocycles. The van der Waals surface area contributed by atoms with E-state index in [1.807, 2.05) is 18.7 Å². The van der Waals surface area contributed by atoms with Gasteiger partial charge in [0.05, 0.1) is 23.5 Å². The first-order valence-electron chi connectivity index (χ1n) is 9.40. The Morgan fingerprint density at radius 3 is 2.28 bits per heavy atom. The number of halogens is 2. The van der Waals surface area contributed by atoms with E-state index in [4.69, 9.17) is 16.3 Å². The summed E-state index contributed by atoms with van der Waals surface area (Å²) in [5.74, 6) is -1.46. The summed E-state index contributed by atoms with van der Waals surface area (Å²) in [5.41, 5.74) is 1.39. The van der Waals surface area contributed by atoms with Crippen molar-refractivity contribution in [3.8, 4) is 0 Å². The molecule has 0 radical (unpaired) electrons. The van der Waals surface area contributed by atoms with E-state index in [0.29, 0.717) is 29.4 Å². The molecule has 2 aromatic rings. The van der Waals surface area contributed by atoms with Crippen LogP contribution in [0, 0.1) is 5.82 Å². The fourth-order valence-corrected chi connectivity index (χ4v) is 4.02. The molecule has 2 amide bonds. The molecule has 0 spiro atoms. The Morgan fingerprint density at radius 2 is 1.66 bits per heavy atom. The van der Waals surface area contributed by atoms with Crippen LogP contribution in [0.1, 0.15) is 19.4 Å². The topological polar surface area (TPSA) is 49.9 Å². The molecule has 2 heterocycles. The first-order chi connectivity index (χ1) is 13.8. The van der Waals surface area contributed by atoms with Crippen molar-refractivity contribution in [2.24, 2.45) is 0 Å². The van der Waals surface area contributed by atoms with Gasteiger partial charge in [0.2, 0.25) is 0 Å². The Kier molecular flexibility index (Phi) is 5.15. The van der Waals surface area contributed by atoms with E-state index in [0.717, 1.165) is 4.90 Å². The van der Waals surface area contributed by atoms with Crippen molar-refractivity contribution in [1.82, 2.24) is 4.90 Å². The molecular formula is C22H20ClFN2O3. The van der Waals surface area contributed by atoms with Crippen LogP contribution in [-0.2, 0) is 14.3 Å². The fourth-order valence-electron chi connectivity index (χ4n) is 3.90. The van der Waals surface area contributed by atoms with E-state index in [9.17, 15) is 14.0 Å². The minimum Gasteiger partial charge on any atom is -0.372 e. The van der Waals surface area contributed by atoms with E-state index in [2.05, 4.69) is 0 Å². The molecule has 2 aromatic carbocycles. The number of hydrogen-bond acceptors (Lipinski definition) is 4. The molecule has 4 rings (SSSR count). The second kappa shape index (κ2) is 7.61. The molecule has 5 nitrogen and oxygen atoms in total. The molecule has 0 bridgehead atoms. The molecule has 2 aliphatic rings. The quantitative estimate of drug-likeness (QED) is 0.715. The van der Waals surface area contributed by atoms with Gasteiger partial charge in [0, 0.05) is 18.1 Å². The summed E-state index contributed by atoms with van der Waals surface area (Å²) in [7, 11) is 0. The lowest BCUT2D eigenvalue weighted by Gasteiger charge is -2.37. The van der Waals surface area contributed by atoms with Crippen LogP contribution in [0.15, 0.2) is 54.2 Å². The highest BCUT2D eigenvalue weighted by atomic mass is 35.5. The number of amides is 2. The van der Waals surface area contributed by atoms with E-state index in [-0.39, 0.29) is 23.5 Å². The Hall–Kier alpha value is -2.70. The highest BCUT2D eigenvalue weighted by molar-refractivity contribution is 6.45. The van der Waals surface area contributed by atoms with Gasteiger partial charge in [-0.1, -0.05) is 29.8 Å². The number of benzene rings is 2. The summed E-state index contributed by atoms with van der Waals surface area (Å²) in [6.07, 6.45) is -0.187. The van der Waals surface area contributed by atoms with Crippen LogP contribution in [0.5, 0.6) is 0 Å². The Labute approximate surface area is 173 Å². The molecule has 7 heteroatoms. The first-order valence-corrected chi connectivity index (χ1v) is 9.78. The molecule has 0 N–H and O–H groups in total. The SMILES string of the molecule is CC1CN(C2=C(c3ccc(Cl)cc3)C(=O)N(c3cccc(F)c3)C2=O)CC(C)O1. The predicted molar refractivity (Wildman–Crippen MR) is 109 cm³/mol. The number of rotatable bonds is 3. The molecule has 29 heavy (non-hydrogen) atoms. The van der Waals surface area contributed by atoms with Gasteiger partial charge in [-0.3, -0.25) is 9.59 Å². The molecular weight excluding hydrogens is 395 g/mol. The van der Waals surface area contributed by atoms with E-state index in [1.165, 1.54) is 18.2 Å². The van der Waals surface area contributed by atoms with Gasteiger partial charge < -0.3 is 9.64 Å². The first kappa shape index (κ1) is 19.6. The van der Waals surface area contributed by atoms with Crippen LogP contribution < -0.4 is 4.90 Å². The van der Waals surface area contributed by atoms with Gasteiger partial charge in [-0.25, -0.2) is 9.29 Å². The fraction of sp³-hybridized carbons (Fsp3) is 0.273. The minimum atomic E-state index is -0.516. The highest BCUT2D eigenvalue weighted by Crippen LogP contribution is 2.36. The zero-order chi connectivity index (χ0) is 20.7. The van der Waals surface area contributed by atoms with Gasteiger partial charge in [0.1, 0.15) is 11.5 Å². The van der Waals surface area contributed by atoms with Crippen molar-refractivity contribution in [3.63, 3.8) is 0 Å². The number of carbonyl (C=O) groups excluding carboxylic acids is 2. The minimum absolute atomic E-state index is 0.0937. The number of imide groups is 1. The van der Waals surface area contributed by atoms with Gasteiger partial charge in [-0.05, 0) is 49.7 Å². The number of hydrogen-bond donors (Lipinski definition) is 0. The molecule has 0 aromatic heterocycles. The van der Waals surface area contributed by atoms with Crippen LogP contribution in [0.3, 0.4) is 0 Å². The highest BCUT2D eigenvalue weighted by Gasteiger charge is 2.43. The van der Waals surface area contributed by atoms with Crippen molar-refractivity contribution >= 4 is 34.7 Å². The molecule has 1 saturated heterocycles. The van der Waals surface area contributed by atoms with Crippen molar-refractivity contribution in [1.29, 1.82) is 0 Å². The summed E-state index contributed by atoms with van der Waals surface area (Å²) in [6, 6.07) is 12.3. The predicted octanol–water partition coefficient (Wildman–Crippen LogP) is 3.87. The molecule has 2 unspecified atom stereocenters. The Balaban J connectivity index is 1.84. The maximum Gasteiger partial charge on any atom is 0.282 e. The van der Waals surface area contributed by atoms with E-state index < -0.39 is 17.6 Å². The van der Waals surface area contributed by atoms with Crippen molar-refractivity contribution in [2.75, 3.05) is 18.0 Å². The number of anilines is 1. The Morgan fingerprint density at radius 1 is 1.00 bits per heavy atom. The lowest BCUT2D eigenvalue weighted by Crippen LogP contribution is -2.47. The average molecular weight is 415 g/mol. The average Bonchev–Trinajstić information content (AvgIpc) is 2.92. The monoisotopic (exact) mass is 414 g/mol. The van der Waals surface area contributed by atoms with Crippen LogP contribution in [0.25, 0.3) is 5.57 Å². The summed E-state index contributed by atoms with van der Waals surface area (Å²) >= 11 is 6.00. The second-order valence-corrected chi connectivity index (χ2v) is 7.75. The van der Waals surface area contributed by atoms with Gasteiger partial charge in [-0.15, -0.1) is 0 Å². The Bertz CT molecular complexity index is 995. The third-order valence-corrected chi connectivity index (χ3v) is 5.25. The van der Waals surface area contributed by atoms with E-state index in [1.54, 1.807) is 30.3 Å². The zero-order valence-electron chi connectivity index (χ0n) is 16.1. The molecule has 1 fully saturated rings. The van der Waals surface area contributed by atoms with Gasteiger partial charge >= 0.3 is 0 Å². The van der Waals surface area contributed by atoms with Gasteiger partial charge in [0.15, 0.2) is 0 Å². The lowest BCUT2D eigenvalue weighted by molar-refractivity contribution is -0.121. The number of nitrogens with zero attached hydrogens (tertiary/aromatic N) is 2. The third-order valence-electron chi connectivity index (χ3n) is 4.99. The normalized spacial score (nSPS) is 22.6. The maximum absolute atomic E-state index is 13.8. The van der Waals surface area contributed by atoms with Crippen molar-refractivity contribution < 1.29 is 18.7 Å². The summed E-state index contributed by atoms with van der Waals surface area (Å²) in [4.78, 5) is 29.7. The molecule has 150 valence electrons. The zero-order valence-corrected chi connectivity index (χ0v) is 16.8. The second-order valence-electron chi connectivity index (χ2n) is 7.32. The molecule has 2 atom stereocenters. The summed E-state index contributed by atoms with van der Waals surface area (Å²) < 4.78 is 19.6. The van der Waals surface area contributed by atoms with Gasteiger partial charge in [-0.2, -0.15) is 0 Å². The standard InChI is InChI=1S/C22H20ClFN2O3/c1-13-11-25(12-14(2)29-13)20-19(15-6-8-16(23)9-7-15)21(27)26(22(20)28)18-5-3-4-17(24)10-18/h3-10,13-14H,11-12H2,1-2H3. The van der Waals surface area contributed by atoms with Crippen LogP contribution in [0.4, 0.5) is 10.1 Å². The number of morpholine rings is 1. The summed E-state index contributed by atoms with van der Waals surface area (Å²) in [5, 5.41) is 0.531. The largest absolute Gasteiger partial charge is 0.372 e. The summed E-state index contributed by atoms with van der Waals surface area (Å²) in [6.45, 7) is 4.81. The molecule has 2 aliphatic heterocycles. The number of carbonyl (C=O) groups is 2. The van der Waals surface area contributed by atoms with Crippen LogP contribution in [-0.4, -0.2) is 42.0 Å². The van der Waals surface area contributed by atoms with Gasteiger partial charge in [0.25, 0.3) is 11.8 Å². The lowest BCUT2D eigenvalue weighted by atomic mass is 10.0.